The van der Waals surface area contributed by atoms with E-state index in [1.165, 1.54) is 16.9 Å². The van der Waals surface area contributed by atoms with E-state index in [0.717, 1.165) is 12.3 Å². The molecule has 106 valence electrons. The number of aromatic nitrogens is 3. The van der Waals surface area contributed by atoms with E-state index in [1.54, 1.807) is 13.8 Å². The van der Waals surface area contributed by atoms with Crippen molar-refractivity contribution in [3.63, 3.8) is 0 Å². The summed E-state index contributed by atoms with van der Waals surface area (Å²) in [6, 6.07) is 2.17. The van der Waals surface area contributed by atoms with Crippen LogP contribution in [0.15, 0.2) is 29.7 Å². The Bertz CT molecular complexity index is 644. The van der Waals surface area contributed by atoms with E-state index in [0.29, 0.717) is 17.0 Å². The summed E-state index contributed by atoms with van der Waals surface area (Å²) in [6.45, 7) is 3.30. The second-order valence-corrected chi connectivity index (χ2v) is 4.14. The maximum absolute atomic E-state index is 12.5. The largest absolute Gasteiger partial charge is 0.417 e. The number of halogens is 3. The molecule has 0 saturated heterocycles. The number of hydrogen-bond donors (Lipinski definition) is 1. The van der Waals surface area contributed by atoms with Gasteiger partial charge in [-0.25, -0.2) is 9.67 Å². The maximum Gasteiger partial charge on any atom is 0.417 e. The summed E-state index contributed by atoms with van der Waals surface area (Å²) in [5.41, 5.74) is 0.752. The summed E-state index contributed by atoms with van der Waals surface area (Å²) in [5, 5.41) is 15.8. The van der Waals surface area contributed by atoms with Crippen molar-refractivity contribution >= 4 is 5.71 Å². The van der Waals surface area contributed by atoms with Gasteiger partial charge in [-0.3, -0.25) is 0 Å². The molecule has 0 aliphatic carbocycles. The number of nitrogens with zero attached hydrogens (tertiary/aromatic N) is 4. The van der Waals surface area contributed by atoms with Crippen LogP contribution in [0.1, 0.15) is 23.7 Å². The highest BCUT2D eigenvalue weighted by Crippen LogP contribution is 2.28. The van der Waals surface area contributed by atoms with E-state index < -0.39 is 11.7 Å². The van der Waals surface area contributed by atoms with Gasteiger partial charge in [0.1, 0.15) is 0 Å². The fourth-order valence-electron chi connectivity index (χ4n) is 1.73. The van der Waals surface area contributed by atoms with Gasteiger partial charge in [0.25, 0.3) is 0 Å². The van der Waals surface area contributed by atoms with Crippen LogP contribution in [0.4, 0.5) is 13.2 Å². The molecule has 5 nitrogen and oxygen atoms in total. The first-order valence-corrected chi connectivity index (χ1v) is 5.62. The van der Waals surface area contributed by atoms with Crippen molar-refractivity contribution in [1.82, 2.24) is 14.8 Å². The fourth-order valence-corrected chi connectivity index (χ4v) is 1.73. The second-order valence-electron chi connectivity index (χ2n) is 4.14. The van der Waals surface area contributed by atoms with Gasteiger partial charge >= 0.3 is 6.18 Å². The number of oxime groups is 1. The molecule has 2 heterocycles. The molecule has 1 N–H and O–H groups in total. The highest BCUT2D eigenvalue weighted by atomic mass is 19.4. The third kappa shape index (κ3) is 2.49. The van der Waals surface area contributed by atoms with Crippen molar-refractivity contribution < 1.29 is 18.4 Å². The first-order chi connectivity index (χ1) is 9.34. The Morgan fingerprint density at radius 3 is 2.50 bits per heavy atom. The normalized spacial score (nSPS) is 12.8. The predicted molar refractivity (Wildman–Crippen MR) is 65.1 cm³/mol. The molecule has 0 aliphatic rings. The third-order valence-corrected chi connectivity index (χ3v) is 2.84. The SMILES string of the molecule is C/C(=N/O)c1cnn(-c2ccc(C(F)(F)F)cn2)c1C. The van der Waals surface area contributed by atoms with Gasteiger partial charge in [-0.2, -0.15) is 18.3 Å². The van der Waals surface area contributed by atoms with Crippen molar-refractivity contribution in [2.75, 3.05) is 0 Å². The van der Waals surface area contributed by atoms with Crippen LogP contribution in [0.5, 0.6) is 0 Å². The van der Waals surface area contributed by atoms with E-state index in [1.807, 2.05) is 0 Å². The minimum atomic E-state index is -4.42. The van der Waals surface area contributed by atoms with Gasteiger partial charge in [-0.15, -0.1) is 0 Å². The number of rotatable bonds is 2. The quantitative estimate of drug-likeness (QED) is 0.524. The van der Waals surface area contributed by atoms with Crippen LogP contribution in [0.3, 0.4) is 0 Å². The molecule has 8 heteroatoms. The zero-order chi connectivity index (χ0) is 14.9. The van der Waals surface area contributed by atoms with E-state index in [2.05, 4.69) is 15.2 Å². The predicted octanol–water partition coefficient (Wildman–Crippen LogP) is 2.79. The van der Waals surface area contributed by atoms with Crippen LogP contribution in [0.25, 0.3) is 5.82 Å². The van der Waals surface area contributed by atoms with Gasteiger partial charge in [0.05, 0.1) is 23.2 Å². The lowest BCUT2D eigenvalue weighted by molar-refractivity contribution is -0.137. The molecule has 0 spiro atoms. The summed E-state index contributed by atoms with van der Waals surface area (Å²) in [5.74, 6) is 0.257. The molecule has 0 atom stereocenters. The molecule has 0 amide bonds. The van der Waals surface area contributed by atoms with Gasteiger partial charge < -0.3 is 5.21 Å². The third-order valence-electron chi connectivity index (χ3n) is 2.84. The van der Waals surface area contributed by atoms with Crippen molar-refractivity contribution in [3.05, 3.63) is 41.3 Å². The van der Waals surface area contributed by atoms with Crippen LogP contribution < -0.4 is 0 Å². The smallest absolute Gasteiger partial charge is 0.411 e. The summed E-state index contributed by atoms with van der Waals surface area (Å²) < 4.78 is 38.7. The van der Waals surface area contributed by atoms with Gasteiger partial charge in [0.2, 0.25) is 0 Å². The average molecular weight is 284 g/mol. The van der Waals surface area contributed by atoms with Crippen molar-refractivity contribution in [2.45, 2.75) is 20.0 Å². The first kappa shape index (κ1) is 14.0. The average Bonchev–Trinajstić information content (AvgIpc) is 2.79. The van der Waals surface area contributed by atoms with Gasteiger partial charge in [0.15, 0.2) is 5.82 Å². The molecule has 0 unspecified atom stereocenters. The molecule has 0 saturated carbocycles. The lowest BCUT2D eigenvalue weighted by Crippen LogP contribution is -2.08. The van der Waals surface area contributed by atoms with Crippen LogP contribution in [-0.4, -0.2) is 25.7 Å². The maximum atomic E-state index is 12.5. The minimum Gasteiger partial charge on any atom is -0.411 e. The number of hydrogen-bond acceptors (Lipinski definition) is 4. The lowest BCUT2D eigenvalue weighted by Gasteiger charge is -2.08. The van der Waals surface area contributed by atoms with E-state index in [9.17, 15) is 13.2 Å². The second kappa shape index (κ2) is 4.95. The Hall–Kier alpha value is -2.38. The van der Waals surface area contributed by atoms with Gasteiger partial charge in [-0.05, 0) is 26.0 Å². The highest BCUT2D eigenvalue weighted by molar-refractivity contribution is 5.99. The molecule has 20 heavy (non-hydrogen) atoms. The van der Waals surface area contributed by atoms with Crippen molar-refractivity contribution in [1.29, 1.82) is 0 Å². The number of pyridine rings is 1. The minimum absolute atomic E-state index is 0.257. The van der Waals surface area contributed by atoms with Gasteiger partial charge in [0, 0.05) is 11.8 Å². The van der Waals surface area contributed by atoms with E-state index in [4.69, 9.17) is 5.21 Å². The van der Waals surface area contributed by atoms with Crippen LogP contribution >= 0.6 is 0 Å². The molecule has 0 aliphatic heterocycles. The van der Waals surface area contributed by atoms with Gasteiger partial charge in [-0.1, -0.05) is 5.16 Å². The molecule has 0 fully saturated rings. The molecular formula is C12H11F3N4O. The van der Waals surface area contributed by atoms with Crippen molar-refractivity contribution in [3.8, 4) is 5.82 Å². The Kier molecular flexibility index (Phi) is 3.47. The van der Waals surface area contributed by atoms with Crippen LogP contribution in [0, 0.1) is 6.92 Å². The molecule has 2 aromatic rings. The monoisotopic (exact) mass is 284 g/mol. The topological polar surface area (TPSA) is 63.3 Å². The molecular weight excluding hydrogens is 273 g/mol. The Morgan fingerprint density at radius 2 is 2.00 bits per heavy atom. The first-order valence-electron chi connectivity index (χ1n) is 5.62. The summed E-state index contributed by atoms with van der Waals surface area (Å²) in [6.07, 6.45) is -2.21. The molecule has 0 aromatic carbocycles. The highest BCUT2D eigenvalue weighted by Gasteiger charge is 2.30. The molecule has 0 radical (unpaired) electrons. The zero-order valence-corrected chi connectivity index (χ0v) is 10.7. The summed E-state index contributed by atoms with van der Waals surface area (Å²) >= 11 is 0. The molecule has 0 bridgehead atoms. The zero-order valence-electron chi connectivity index (χ0n) is 10.7. The Balaban J connectivity index is 2.41. The lowest BCUT2D eigenvalue weighted by atomic mass is 10.2. The van der Waals surface area contributed by atoms with Crippen LogP contribution in [0.2, 0.25) is 0 Å². The summed E-state index contributed by atoms with van der Waals surface area (Å²) in [7, 11) is 0. The Labute approximate surface area is 112 Å². The van der Waals surface area contributed by atoms with E-state index in [-0.39, 0.29) is 5.82 Å². The molecule has 2 rings (SSSR count). The van der Waals surface area contributed by atoms with E-state index >= 15 is 0 Å². The Morgan fingerprint density at radius 1 is 1.30 bits per heavy atom. The van der Waals surface area contributed by atoms with Crippen molar-refractivity contribution in [2.24, 2.45) is 5.16 Å². The summed E-state index contributed by atoms with van der Waals surface area (Å²) in [4.78, 5) is 3.75. The fraction of sp³-hybridized carbons (Fsp3) is 0.250. The standard InChI is InChI=1S/C12H11F3N4O/c1-7(18-20)10-6-17-19(8(10)2)11-4-3-9(5-16-11)12(13,14)15/h3-6,20H,1-2H3/b18-7-. The number of alkyl halides is 3. The van der Waals surface area contributed by atoms with Crippen LogP contribution in [-0.2, 0) is 6.18 Å². The molecule has 2 aromatic heterocycles.